The molecular weight excluding hydrogens is 678 g/mol. The van der Waals surface area contributed by atoms with Crippen molar-refractivity contribution in [2.24, 2.45) is 0 Å². The third-order valence-corrected chi connectivity index (χ3v) is 10.9. The highest BCUT2D eigenvalue weighted by Crippen LogP contribution is 2.32. The number of amides is 4. The first-order valence-corrected chi connectivity index (χ1v) is 17.9. The summed E-state index contributed by atoms with van der Waals surface area (Å²) in [5.41, 5.74) is 1.94. The largest absolute Gasteiger partial charge is 0.508 e. The predicted octanol–water partition coefficient (Wildman–Crippen LogP) is 4.62. The van der Waals surface area contributed by atoms with Gasteiger partial charge in [0.15, 0.2) is 0 Å². The summed E-state index contributed by atoms with van der Waals surface area (Å²) in [6, 6.07) is 26.6. The maximum Gasteiger partial charge on any atom is 0.334 e. The maximum absolute atomic E-state index is 14.4. The van der Waals surface area contributed by atoms with E-state index in [9.17, 15) is 27.9 Å². The fourth-order valence-corrected chi connectivity index (χ4v) is 8.01. The quantitative estimate of drug-likeness (QED) is 0.230. The van der Waals surface area contributed by atoms with E-state index in [1.807, 2.05) is 30.3 Å². The number of carbonyl (C=O) groups excluding carboxylic acids is 3. The molecule has 2 fully saturated rings. The molecule has 2 heterocycles. The first-order valence-electron chi connectivity index (χ1n) is 16.0. The van der Waals surface area contributed by atoms with Crippen molar-refractivity contribution in [3.05, 3.63) is 137 Å². The van der Waals surface area contributed by atoms with Crippen molar-refractivity contribution in [2.45, 2.75) is 41.5 Å². The monoisotopic (exact) mass is 713 g/mol. The Labute approximate surface area is 295 Å². The van der Waals surface area contributed by atoms with Crippen LogP contribution in [0.4, 0.5) is 4.79 Å². The number of piperazine rings is 1. The maximum atomic E-state index is 14.4. The van der Waals surface area contributed by atoms with Crippen molar-refractivity contribution in [3.63, 3.8) is 0 Å². The molecule has 4 amide bonds. The Morgan fingerprint density at radius 1 is 0.920 bits per heavy atom. The number of hydrogen-bond donors (Lipinski definition) is 2. The molecule has 13 heteroatoms. The smallest absolute Gasteiger partial charge is 0.334 e. The molecule has 11 nitrogen and oxygen atoms in total. The second-order valence-corrected chi connectivity index (χ2v) is 14.4. The highest BCUT2D eigenvalue weighted by Gasteiger charge is 2.51. The van der Waals surface area contributed by atoms with Gasteiger partial charge in [-0.25, -0.2) is 23.2 Å². The van der Waals surface area contributed by atoms with E-state index in [-0.39, 0.29) is 60.6 Å². The second-order valence-electron chi connectivity index (χ2n) is 12.1. The number of phenols is 1. The predicted molar refractivity (Wildman–Crippen MR) is 187 cm³/mol. The molecule has 2 atom stereocenters. The van der Waals surface area contributed by atoms with E-state index >= 15 is 0 Å². The molecule has 0 spiro atoms. The van der Waals surface area contributed by atoms with Crippen molar-refractivity contribution in [1.29, 1.82) is 0 Å². The van der Waals surface area contributed by atoms with E-state index in [0.717, 1.165) is 5.56 Å². The van der Waals surface area contributed by atoms with Gasteiger partial charge in [-0.2, -0.15) is 0 Å². The van der Waals surface area contributed by atoms with Crippen molar-refractivity contribution in [3.8, 4) is 5.75 Å². The van der Waals surface area contributed by atoms with Crippen LogP contribution in [0.1, 0.15) is 16.7 Å². The lowest BCUT2D eigenvalue weighted by molar-refractivity contribution is -0.189. The highest BCUT2D eigenvalue weighted by atomic mass is 35.5. The molecule has 6 rings (SSSR count). The number of sulfone groups is 1. The van der Waals surface area contributed by atoms with E-state index in [4.69, 9.17) is 11.6 Å². The first-order chi connectivity index (χ1) is 24.1. The molecule has 0 radical (unpaired) electrons. The first kappa shape index (κ1) is 34.7. The number of hydrogen-bond acceptors (Lipinski definition) is 7. The summed E-state index contributed by atoms with van der Waals surface area (Å²) >= 11 is 6.02. The summed E-state index contributed by atoms with van der Waals surface area (Å²) in [6.45, 7) is 3.89. The lowest BCUT2D eigenvalue weighted by Crippen LogP contribution is -2.76. The molecular formula is C37H36ClN5O6S. The molecule has 2 aliphatic rings. The number of hydrazine groups is 1. The van der Waals surface area contributed by atoms with Gasteiger partial charge >= 0.3 is 6.03 Å². The molecule has 0 aromatic heterocycles. The van der Waals surface area contributed by atoms with Crippen molar-refractivity contribution in [2.75, 3.05) is 19.6 Å². The molecule has 2 N–H and O–H groups in total. The van der Waals surface area contributed by atoms with Gasteiger partial charge in [0.2, 0.25) is 21.7 Å². The Kier molecular flexibility index (Phi) is 10.2. The summed E-state index contributed by atoms with van der Waals surface area (Å²) < 4.78 is 27.7. The molecule has 2 aliphatic heterocycles. The third-order valence-electron chi connectivity index (χ3n) is 8.78. The van der Waals surface area contributed by atoms with Crippen molar-refractivity contribution < 1.29 is 27.9 Å². The van der Waals surface area contributed by atoms with Gasteiger partial charge in [0.05, 0.1) is 22.9 Å². The van der Waals surface area contributed by atoms with Crippen LogP contribution in [0, 0.1) is 0 Å². The number of phenolic OH excluding ortho intramolecular Hbond substituents is 1. The van der Waals surface area contributed by atoms with E-state index in [1.165, 1.54) is 57.3 Å². The molecule has 0 saturated carbocycles. The molecule has 258 valence electrons. The lowest BCUT2D eigenvalue weighted by atomic mass is 9.98. The van der Waals surface area contributed by atoms with Crippen LogP contribution in [-0.4, -0.2) is 83.0 Å². The van der Waals surface area contributed by atoms with Gasteiger partial charge in [-0.15, -0.1) is 6.58 Å². The summed E-state index contributed by atoms with van der Waals surface area (Å²) in [4.78, 5) is 45.4. The van der Waals surface area contributed by atoms with Crippen LogP contribution in [0.15, 0.2) is 126 Å². The zero-order chi connectivity index (χ0) is 35.4. The Balaban J connectivity index is 1.38. The molecule has 50 heavy (non-hydrogen) atoms. The van der Waals surface area contributed by atoms with Crippen LogP contribution in [0.3, 0.4) is 0 Å². The molecule has 4 aromatic rings. The number of rotatable bonds is 10. The summed E-state index contributed by atoms with van der Waals surface area (Å²) in [7, 11) is -4.01. The zero-order valence-electron chi connectivity index (χ0n) is 27.1. The topological polar surface area (TPSA) is 131 Å². The van der Waals surface area contributed by atoms with Crippen LogP contribution >= 0.6 is 11.6 Å². The minimum Gasteiger partial charge on any atom is -0.508 e. The van der Waals surface area contributed by atoms with Gasteiger partial charge in [-0.3, -0.25) is 9.59 Å². The number of urea groups is 1. The van der Waals surface area contributed by atoms with Crippen molar-refractivity contribution >= 4 is 39.3 Å². The summed E-state index contributed by atoms with van der Waals surface area (Å²) in [6.07, 6.45) is 0.772. The van der Waals surface area contributed by atoms with Gasteiger partial charge in [0, 0.05) is 31.1 Å². The van der Waals surface area contributed by atoms with Gasteiger partial charge in [-0.1, -0.05) is 78.3 Å². The Morgan fingerprint density at radius 2 is 1.60 bits per heavy atom. The standard InChI is InChI=1S/C37H36ClN5O6S/c1-2-20-41-25-35(45)42-32(21-26-12-16-30(44)17-13-26)36(46)40(24-34(42)43(41)37(47)39-22-27-8-4-3-5-9-27)23-28-10-6-7-11-33(28)50(48,49)31-18-14-29(38)15-19-31/h2-19,32,34,44H,1,20-25H2,(H,39,47)/t32-,34-/m0/s1. The third kappa shape index (κ3) is 7.23. The molecule has 0 bridgehead atoms. The summed E-state index contributed by atoms with van der Waals surface area (Å²) in [5.74, 6) is -0.688. The molecule has 0 unspecified atom stereocenters. The van der Waals surface area contributed by atoms with Crippen LogP contribution in [-0.2, 0) is 38.9 Å². The average molecular weight is 714 g/mol. The van der Waals surface area contributed by atoms with E-state index in [1.54, 1.807) is 41.4 Å². The zero-order valence-corrected chi connectivity index (χ0v) is 28.6. The van der Waals surface area contributed by atoms with Gasteiger partial charge in [0.25, 0.3) is 0 Å². The van der Waals surface area contributed by atoms with Crippen LogP contribution in [0.2, 0.25) is 5.02 Å². The Hall–Kier alpha value is -5.17. The van der Waals surface area contributed by atoms with Crippen molar-refractivity contribution in [1.82, 2.24) is 25.1 Å². The number of nitrogens with zero attached hydrogens (tertiary/aromatic N) is 4. The second kappa shape index (κ2) is 14.8. The van der Waals surface area contributed by atoms with Crippen LogP contribution in [0.25, 0.3) is 0 Å². The van der Waals surface area contributed by atoms with Gasteiger partial charge in [-0.05, 0) is 59.2 Å². The number of nitrogens with one attached hydrogen (secondary N) is 1. The number of halogens is 1. The Bertz CT molecular complexity index is 1990. The van der Waals surface area contributed by atoms with Gasteiger partial charge in [0.1, 0.15) is 18.0 Å². The SMILES string of the molecule is C=CCN1CC(=O)N2[C@@H](Cc3ccc(O)cc3)C(=O)N(Cc3ccccc3S(=O)(=O)c3ccc(Cl)cc3)C[C@@H]2N1C(=O)NCc1ccccc1. The normalized spacial score (nSPS) is 18.1. The molecule has 4 aromatic carbocycles. The van der Waals surface area contributed by atoms with Crippen LogP contribution < -0.4 is 5.32 Å². The van der Waals surface area contributed by atoms with E-state index < -0.39 is 34.0 Å². The molecule has 0 aliphatic carbocycles. The number of aromatic hydroxyl groups is 1. The highest BCUT2D eigenvalue weighted by molar-refractivity contribution is 7.91. The fourth-order valence-electron chi connectivity index (χ4n) is 6.40. The minimum atomic E-state index is -4.01. The summed E-state index contributed by atoms with van der Waals surface area (Å²) in [5, 5.41) is 16.3. The molecule has 2 saturated heterocycles. The minimum absolute atomic E-state index is 0.0260. The van der Waals surface area contributed by atoms with Gasteiger partial charge < -0.3 is 20.2 Å². The number of carbonyl (C=O) groups is 3. The fraction of sp³-hybridized carbons (Fsp3) is 0.216. The van der Waals surface area contributed by atoms with E-state index in [0.29, 0.717) is 16.1 Å². The number of fused-ring (bicyclic) bond motifs is 1. The number of benzene rings is 4. The lowest BCUT2D eigenvalue weighted by Gasteiger charge is -2.55. The van der Waals surface area contributed by atoms with E-state index in [2.05, 4.69) is 11.9 Å². The van der Waals surface area contributed by atoms with Crippen LogP contribution in [0.5, 0.6) is 5.75 Å². The Morgan fingerprint density at radius 3 is 2.30 bits per heavy atom. The average Bonchev–Trinajstić information content (AvgIpc) is 3.11.